The molecule has 0 amide bonds. The molecule has 0 heterocycles. The van der Waals surface area contributed by atoms with Crippen molar-refractivity contribution in [2.75, 3.05) is 6.54 Å². The summed E-state index contributed by atoms with van der Waals surface area (Å²) in [5.41, 5.74) is 6.12. The molecular formula is C41H83N. The third-order valence-corrected chi connectivity index (χ3v) is 10.6. The second-order valence-electron chi connectivity index (χ2n) is 14.8. The van der Waals surface area contributed by atoms with Gasteiger partial charge in [0.25, 0.3) is 0 Å². The average Bonchev–Trinajstić information content (AvgIpc) is 3.00. The predicted octanol–water partition coefficient (Wildman–Crippen LogP) is 14.8. The molecule has 1 aliphatic carbocycles. The van der Waals surface area contributed by atoms with Gasteiger partial charge in [0, 0.05) is 0 Å². The van der Waals surface area contributed by atoms with Crippen LogP contribution in [0.25, 0.3) is 0 Å². The molecule has 252 valence electrons. The van der Waals surface area contributed by atoms with Gasteiger partial charge in [-0.25, -0.2) is 0 Å². The van der Waals surface area contributed by atoms with Crippen LogP contribution in [0.2, 0.25) is 0 Å². The van der Waals surface area contributed by atoms with E-state index >= 15 is 0 Å². The van der Waals surface area contributed by atoms with Gasteiger partial charge in [0.05, 0.1) is 0 Å². The van der Waals surface area contributed by atoms with E-state index in [1.54, 1.807) is 0 Å². The number of hydrogen-bond donors (Lipinski definition) is 1. The van der Waals surface area contributed by atoms with Crippen LogP contribution in [0.1, 0.15) is 250 Å². The van der Waals surface area contributed by atoms with Crippen molar-refractivity contribution in [2.45, 2.75) is 250 Å². The molecule has 0 aromatic carbocycles. The Labute approximate surface area is 268 Å². The molecular weight excluding hydrogens is 506 g/mol. The third kappa shape index (κ3) is 31.4. The fourth-order valence-electron chi connectivity index (χ4n) is 7.43. The van der Waals surface area contributed by atoms with E-state index in [1.807, 2.05) is 0 Å². The van der Waals surface area contributed by atoms with Crippen molar-refractivity contribution in [1.82, 2.24) is 0 Å². The van der Waals surface area contributed by atoms with E-state index in [4.69, 9.17) is 5.73 Å². The van der Waals surface area contributed by atoms with Crippen molar-refractivity contribution in [3.05, 3.63) is 0 Å². The highest BCUT2D eigenvalue weighted by Gasteiger charge is 2.06. The van der Waals surface area contributed by atoms with Gasteiger partial charge < -0.3 is 5.73 Å². The largest absolute Gasteiger partial charge is 0.330 e. The minimum absolute atomic E-state index is 0.796. The molecule has 0 saturated heterocycles. The quantitative estimate of drug-likeness (QED) is 0.323. The van der Waals surface area contributed by atoms with E-state index in [0.29, 0.717) is 0 Å². The summed E-state index contributed by atoms with van der Waals surface area (Å²) in [5.74, 6) is 0.796. The van der Waals surface area contributed by atoms with Crippen molar-refractivity contribution < 1.29 is 0 Å². The summed E-state index contributed by atoms with van der Waals surface area (Å²) in [6, 6.07) is 0. The normalized spacial score (nSPS) is 23.9. The predicted molar refractivity (Wildman–Crippen MR) is 193 cm³/mol. The molecule has 42 heavy (non-hydrogen) atoms. The summed E-state index contributed by atoms with van der Waals surface area (Å²) < 4.78 is 0. The van der Waals surface area contributed by atoms with Crippen LogP contribution in [-0.2, 0) is 0 Å². The molecule has 0 aliphatic heterocycles. The lowest BCUT2D eigenvalue weighted by atomic mass is 9.94. The van der Waals surface area contributed by atoms with Gasteiger partial charge in [0.2, 0.25) is 0 Å². The lowest BCUT2D eigenvalue weighted by Gasteiger charge is -2.14. The van der Waals surface area contributed by atoms with Crippen LogP contribution >= 0.6 is 0 Å². The molecule has 1 nitrogen and oxygen atoms in total. The molecule has 0 atom stereocenters. The van der Waals surface area contributed by atoms with Crippen molar-refractivity contribution in [1.29, 1.82) is 0 Å². The second kappa shape index (κ2) is 35.4. The standard InChI is InChI=1S/C41H83N/c42-40-41-38-36-34-32-30-28-26-24-22-20-18-16-14-12-10-8-6-4-2-1-3-5-7-9-11-13-15-17-19-21-23-25-27-29-31-33-35-37-39-41/h41H,1-40,42H2. The highest BCUT2D eigenvalue weighted by Crippen LogP contribution is 2.20. The first-order chi connectivity index (χ1) is 20.9. The van der Waals surface area contributed by atoms with Crippen molar-refractivity contribution >= 4 is 0 Å². The van der Waals surface area contributed by atoms with Gasteiger partial charge in [-0.15, -0.1) is 0 Å². The van der Waals surface area contributed by atoms with Crippen LogP contribution < -0.4 is 5.73 Å². The molecule has 1 fully saturated rings. The summed E-state index contributed by atoms with van der Waals surface area (Å²) in [7, 11) is 0. The van der Waals surface area contributed by atoms with Crippen molar-refractivity contribution in [3.63, 3.8) is 0 Å². The number of rotatable bonds is 1. The van der Waals surface area contributed by atoms with Crippen molar-refractivity contribution in [2.24, 2.45) is 11.7 Å². The van der Waals surface area contributed by atoms with E-state index in [0.717, 1.165) is 12.5 Å². The molecule has 1 aliphatic rings. The van der Waals surface area contributed by atoms with Crippen LogP contribution in [0.15, 0.2) is 0 Å². The Morgan fingerprint density at radius 3 is 0.452 bits per heavy atom. The molecule has 0 radical (unpaired) electrons. The minimum Gasteiger partial charge on any atom is -0.330 e. The molecule has 0 aromatic heterocycles. The first-order valence-corrected chi connectivity index (χ1v) is 20.6. The summed E-state index contributed by atoms with van der Waals surface area (Å²) in [6.45, 7) is 0.917. The van der Waals surface area contributed by atoms with Crippen LogP contribution in [0.5, 0.6) is 0 Å². The van der Waals surface area contributed by atoms with Gasteiger partial charge >= 0.3 is 0 Å². The minimum atomic E-state index is 0.796. The number of hydrogen-bond acceptors (Lipinski definition) is 1. The molecule has 0 spiro atoms. The number of nitrogens with two attached hydrogens (primary N) is 1. The molecule has 0 bridgehead atoms. The first-order valence-electron chi connectivity index (χ1n) is 20.6. The highest BCUT2D eigenvalue weighted by molar-refractivity contribution is 4.62. The first kappa shape index (κ1) is 40.0. The maximum Gasteiger partial charge on any atom is -0.00489 e. The molecule has 2 N–H and O–H groups in total. The van der Waals surface area contributed by atoms with E-state index in [2.05, 4.69) is 0 Å². The fraction of sp³-hybridized carbons (Fsp3) is 1.00. The molecule has 1 heteroatoms. The highest BCUT2D eigenvalue weighted by atomic mass is 14.5. The van der Waals surface area contributed by atoms with Crippen LogP contribution in [0.3, 0.4) is 0 Å². The summed E-state index contributed by atoms with van der Waals surface area (Å²) in [6.07, 6.45) is 57.5. The molecule has 0 unspecified atom stereocenters. The monoisotopic (exact) mass is 590 g/mol. The second-order valence-corrected chi connectivity index (χ2v) is 14.8. The summed E-state index contributed by atoms with van der Waals surface area (Å²) in [4.78, 5) is 0. The summed E-state index contributed by atoms with van der Waals surface area (Å²) >= 11 is 0. The van der Waals surface area contributed by atoms with E-state index in [9.17, 15) is 0 Å². The van der Waals surface area contributed by atoms with Gasteiger partial charge in [-0.1, -0.05) is 238 Å². The van der Waals surface area contributed by atoms with Gasteiger partial charge in [0.1, 0.15) is 0 Å². The topological polar surface area (TPSA) is 26.0 Å². The maximum atomic E-state index is 6.12. The maximum absolute atomic E-state index is 6.12. The third-order valence-electron chi connectivity index (χ3n) is 10.6. The Kier molecular flexibility index (Phi) is 33.7. The van der Waals surface area contributed by atoms with Gasteiger partial charge in [-0.05, 0) is 25.3 Å². The zero-order valence-corrected chi connectivity index (χ0v) is 29.4. The Morgan fingerprint density at radius 1 is 0.214 bits per heavy atom. The Bertz CT molecular complexity index is 433. The smallest absolute Gasteiger partial charge is 0.00489 e. The summed E-state index contributed by atoms with van der Waals surface area (Å²) in [5, 5.41) is 0. The fourth-order valence-corrected chi connectivity index (χ4v) is 7.43. The lowest BCUT2D eigenvalue weighted by molar-refractivity contribution is 0.409. The Hall–Kier alpha value is -0.0400. The van der Waals surface area contributed by atoms with Crippen LogP contribution in [-0.4, -0.2) is 6.54 Å². The van der Waals surface area contributed by atoms with Crippen LogP contribution in [0, 0.1) is 5.92 Å². The van der Waals surface area contributed by atoms with Gasteiger partial charge in [-0.3, -0.25) is 0 Å². The SMILES string of the molecule is NCC1CCCCCCCCCCCCCCCCCCCCCCCCCCCCCCCCCCCCCCC1. The van der Waals surface area contributed by atoms with Gasteiger partial charge in [-0.2, -0.15) is 0 Å². The molecule has 1 saturated carbocycles. The molecule has 1 rings (SSSR count). The van der Waals surface area contributed by atoms with Crippen LogP contribution in [0.4, 0.5) is 0 Å². The lowest BCUT2D eigenvalue weighted by Crippen LogP contribution is -2.14. The Balaban J connectivity index is 2.08. The molecule has 0 aromatic rings. The Morgan fingerprint density at radius 2 is 0.333 bits per heavy atom. The van der Waals surface area contributed by atoms with Crippen molar-refractivity contribution in [3.8, 4) is 0 Å². The van der Waals surface area contributed by atoms with E-state index in [-0.39, 0.29) is 0 Å². The zero-order valence-electron chi connectivity index (χ0n) is 29.4. The van der Waals surface area contributed by atoms with Gasteiger partial charge in [0.15, 0.2) is 0 Å². The van der Waals surface area contributed by atoms with E-state index < -0.39 is 0 Å². The van der Waals surface area contributed by atoms with E-state index in [1.165, 1.54) is 250 Å². The zero-order chi connectivity index (χ0) is 29.9. The average molecular weight is 590 g/mol.